The third kappa shape index (κ3) is 4.71. The van der Waals surface area contributed by atoms with E-state index in [1.165, 1.54) is 11.3 Å². The van der Waals surface area contributed by atoms with Crippen LogP contribution in [-0.4, -0.2) is 58.6 Å². The normalized spacial score (nSPS) is 19.3. The molecule has 0 radical (unpaired) electrons. The Kier molecular flexibility index (Phi) is 6.76. The van der Waals surface area contributed by atoms with Crippen molar-refractivity contribution in [2.24, 2.45) is 5.73 Å². The van der Waals surface area contributed by atoms with Crippen molar-refractivity contribution < 1.29 is 14.3 Å². The number of amides is 1. The first-order valence-corrected chi connectivity index (χ1v) is 10.7. The molecule has 11 heteroatoms. The van der Waals surface area contributed by atoms with Crippen molar-refractivity contribution in [2.45, 2.75) is 45.7 Å². The lowest BCUT2D eigenvalue weighted by Gasteiger charge is -2.36. The molecule has 3 rings (SSSR count). The lowest BCUT2D eigenvalue weighted by atomic mass is 10.0. The fourth-order valence-electron chi connectivity index (χ4n) is 3.21. The van der Waals surface area contributed by atoms with Crippen molar-refractivity contribution in [3.05, 3.63) is 27.2 Å². The van der Waals surface area contributed by atoms with Gasteiger partial charge in [0.2, 0.25) is 0 Å². The van der Waals surface area contributed by atoms with Gasteiger partial charge in [-0.1, -0.05) is 29.9 Å². The highest BCUT2D eigenvalue weighted by Crippen LogP contribution is 2.29. The van der Waals surface area contributed by atoms with Crippen LogP contribution in [0.1, 0.15) is 51.9 Å². The Labute approximate surface area is 178 Å². The van der Waals surface area contributed by atoms with Gasteiger partial charge in [0.1, 0.15) is 4.88 Å². The number of thiazole rings is 1. The van der Waals surface area contributed by atoms with Crippen LogP contribution in [0.2, 0.25) is 5.15 Å². The summed E-state index contributed by atoms with van der Waals surface area (Å²) < 4.78 is 5.07. The Morgan fingerprint density at radius 2 is 2.17 bits per heavy atom. The molecule has 2 unspecified atom stereocenters. The van der Waals surface area contributed by atoms with Gasteiger partial charge in [-0.2, -0.15) is 0 Å². The van der Waals surface area contributed by atoms with Crippen LogP contribution in [-0.2, 0) is 11.2 Å². The molecule has 2 atom stereocenters. The van der Waals surface area contributed by atoms with Gasteiger partial charge in [0.05, 0.1) is 18.0 Å². The van der Waals surface area contributed by atoms with Gasteiger partial charge in [0.15, 0.2) is 16.1 Å². The van der Waals surface area contributed by atoms with Crippen molar-refractivity contribution >= 4 is 39.9 Å². The van der Waals surface area contributed by atoms with Crippen LogP contribution in [0.25, 0.3) is 0 Å². The first-order chi connectivity index (χ1) is 13.8. The molecule has 29 heavy (non-hydrogen) atoms. The highest BCUT2D eigenvalue weighted by Gasteiger charge is 2.31. The fraction of sp³-hybridized carbons (Fsp3) is 0.556. The van der Waals surface area contributed by atoms with Crippen LogP contribution >= 0.6 is 22.9 Å². The van der Waals surface area contributed by atoms with E-state index in [-0.39, 0.29) is 29.8 Å². The van der Waals surface area contributed by atoms with Crippen LogP contribution in [0.4, 0.5) is 5.13 Å². The lowest BCUT2D eigenvalue weighted by molar-refractivity contribution is 0.0531. The molecule has 0 spiro atoms. The minimum atomic E-state index is -0.358. The van der Waals surface area contributed by atoms with Crippen LogP contribution in [0, 0.1) is 6.92 Å². The summed E-state index contributed by atoms with van der Waals surface area (Å²) in [5.41, 5.74) is 7.70. The molecular weight excluding hydrogens is 416 g/mol. The maximum absolute atomic E-state index is 12.5. The number of hydrogen-bond acceptors (Lipinski definition) is 8. The van der Waals surface area contributed by atoms with Gasteiger partial charge < -0.3 is 25.7 Å². The number of imidazole rings is 1. The molecule has 3 heterocycles. The summed E-state index contributed by atoms with van der Waals surface area (Å²) in [6.45, 7) is 6.99. The summed E-state index contributed by atoms with van der Waals surface area (Å²) in [4.78, 5) is 38.6. The number of esters is 1. The number of nitrogens with two attached hydrogens (primary N) is 1. The minimum Gasteiger partial charge on any atom is -0.462 e. The molecule has 1 saturated heterocycles. The lowest BCUT2D eigenvalue weighted by Crippen LogP contribution is -2.58. The summed E-state index contributed by atoms with van der Waals surface area (Å²) >= 11 is 7.31. The maximum atomic E-state index is 12.5. The van der Waals surface area contributed by atoms with Gasteiger partial charge in [-0.15, -0.1) is 0 Å². The summed E-state index contributed by atoms with van der Waals surface area (Å²) in [7, 11) is 0. The SMILES string of the molecule is CCOC(=O)c1sc(N2CCC(NC(=O)c3nc(Cl)c(CC)[nH]3)C(N)C2)nc1C. The van der Waals surface area contributed by atoms with Crippen LogP contribution in [0.3, 0.4) is 0 Å². The first-order valence-electron chi connectivity index (χ1n) is 9.54. The number of hydrogen-bond donors (Lipinski definition) is 3. The molecular formula is C18H25ClN6O3S. The zero-order valence-corrected chi connectivity index (χ0v) is 18.2. The first kappa shape index (κ1) is 21.5. The summed E-state index contributed by atoms with van der Waals surface area (Å²) in [5, 5.41) is 3.98. The minimum absolute atomic E-state index is 0.191. The van der Waals surface area contributed by atoms with E-state index in [1.807, 2.05) is 11.8 Å². The topological polar surface area (TPSA) is 126 Å². The molecule has 4 N–H and O–H groups in total. The molecule has 158 valence electrons. The van der Waals surface area contributed by atoms with E-state index in [0.29, 0.717) is 48.3 Å². The van der Waals surface area contributed by atoms with Gasteiger partial charge in [-0.25, -0.2) is 14.8 Å². The number of aromatic nitrogens is 3. The number of anilines is 1. The highest BCUT2D eigenvalue weighted by atomic mass is 35.5. The second kappa shape index (κ2) is 9.10. The van der Waals surface area contributed by atoms with E-state index in [0.717, 1.165) is 10.8 Å². The number of H-pyrrole nitrogens is 1. The molecule has 2 aromatic heterocycles. The Morgan fingerprint density at radius 1 is 1.41 bits per heavy atom. The molecule has 2 aromatic rings. The molecule has 0 aromatic carbocycles. The quantitative estimate of drug-likeness (QED) is 0.585. The number of carbonyl (C=O) groups excluding carboxylic acids is 2. The average Bonchev–Trinajstić information content (AvgIpc) is 3.26. The number of rotatable bonds is 6. The van der Waals surface area contributed by atoms with Crippen LogP contribution < -0.4 is 16.0 Å². The maximum Gasteiger partial charge on any atom is 0.350 e. The molecule has 1 aliphatic rings. The Balaban J connectivity index is 1.62. The zero-order valence-electron chi connectivity index (χ0n) is 16.6. The van der Waals surface area contributed by atoms with Gasteiger partial charge in [0.25, 0.3) is 5.91 Å². The van der Waals surface area contributed by atoms with Crippen molar-refractivity contribution in [1.82, 2.24) is 20.3 Å². The fourth-order valence-corrected chi connectivity index (χ4v) is 4.47. The molecule has 1 fully saturated rings. The standard InChI is InChI=1S/C18H25ClN6O3S/c1-4-11-14(19)24-15(22-11)16(26)23-12-6-7-25(8-10(12)20)18-21-9(3)13(29-18)17(27)28-5-2/h10,12H,4-8,20H2,1-3H3,(H,22,24)(H,23,26). The van der Waals surface area contributed by atoms with Gasteiger partial charge in [-0.3, -0.25) is 4.79 Å². The van der Waals surface area contributed by atoms with Crippen LogP contribution in [0.15, 0.2) is 0 Å². The number of carbonyl (C=O) groups is 2. The number of nitrogens with zero attached hydrogens (tertiary/aromatic N) is 3. The van der Waals surface area contributed by atoms with Crippen molar-refractivity contribution in [2.75, 3.05) is 24.6 Å². The number of nitrogens with one attached hydrogen (secondary N) is 2. The summed E-state index contributed by atoms with van der Waals surface area (Å²) in [5.74, 6) is -0.491. The van der Waals surface area contributed by atoms with E-state index >= 15 is 0 Å². The van der Waals surface area contributed by atoms with E-state index in [1.54, 1.807) is 13.8 Å². The van der Waals surface area contributed by atoms with Crippen molar-refractivity contribution in [3.63, 3.8) is 0 Å². The third-order valence-corrected chi connectivity index (χ3v) is 6.30. The molecule has 0 saturated carbocycles. The smallest absolute Gasteiger partial charge is 0.350 e. The Bertz CT molecular complexity index is 898. The van der Waals surface area contributed by atoms with E-state index < -0.39 is 0 Å². The predicted octanol–water partition coefficient (Wildman–Crippen LogP) is 1.90. The second-order valence-corrected chi connectivity index (χ2v) is 8.15. The highest BCUT2D eigenvalue weighted by molar-refractivity contribution is 7.17. The molecule has 0 aliphatic carbocycles. The van der Waals surface area contributed by atoms with Crippen LogP contribution in [0.5, 0.6) is 0 Å². The summed E-state index contributed by atoms with van der Waals surface area (Å²) in [6.07, 6.45) is 1.31. The van der Waals surface area contributed by atoms with Crippen molar-refractivity contribution in [1.29, 1.82) is 0 Å². The summed E-state index contributed by atoms with van der Waals surface area (Å²) in [6, 6.07) is -0.489. The number of aromatic amines is 1. The third-order valence-electron chi connectivity index (χ3n) is 4.79. The Hall–Kier alpha value is -2.17. The van der Waals surface area contributed by atoms with Gasteiger partial charge in [-0.05, 0) is 26.7 Å². The van der Waals surface area contributed by atoms with E-state index in [9.17, 15) is 9.59 Å². The molecule has 0 bridgehead atoms. The molecule has 1 aliphatic heterocycles. The molecule has 1 amide bonds. The number of ether oxygens (including phenoxy) is 1. The van der Waals surface area contributed by atoms with E-state index in [2.05, 4.69) is 20.3 Å². The van der Waals surface area contributed by atoms with Crippen molar-refractivity contribution in [3.8, 4) is 0 Å². The number of piperidine rings is 1. The number of halogens is 1. The molecule has 9 nitrogen and oxygen atoms in total. The van der Waals surface area contributed by atoms with E-state index in [4.69, 9.17) is 22.1 Å². The van der Waals surface area contributed by atoms with Gasteiger partial charge in [0, 0.05) is 25.2 Å². The average molecular weight is 441 g/mol. The second-order valence-electron chi connectivity index (χ2n) is 6.82. The Morgan fingerprint density at radius 3 is 2.79 bits per heavy atom. The largest absolute Gasteiger partial charge is 0.462 e. The van der Waals surface area contributed by atoms with Gasteiger partial charge >= 0.3 is 5.97 Å². The zero-order chi connectivity index (χ0) is 21.1. The monoisotopic (exact) mass is 440 g/mol. The predicted molar refractivity (Wildman–Crippen MR) is 112 cm³/mol. The number of aryl methyl sites for hydroxylation is 2.